The maximum atomic E-state index is 12.6. The lowest BCUT2D eigenvalue weighted by Gasteiger charge is -2.17. The Bertz CT molecular complexity index is 608. The quantitative estimate of drug-likeness (QED) is 0.756. The molecule has 3 rings (SSSR count). The first-order chi connectivity index (χ1) is 11.8. The highest BCUT2D eigenvalue weighted by Gasteiger charge is 2.22. The van der Waals surface area contributed by atoms with Gasteiger partial charge >= 0.3 is 0 Å². The van der Waals surface area contributed by atoms with Gasteiger partial charge in [0.25, 0.3) is 0 Å². The van der Waals surface area contributed by atoms with Crippen LogP contribution in [0.3, 0.4) is 0 Å². The second kappa shape index (κ2) is 8.57. The van der Waals surface area contributed by atoms with E-state index in [1.165, 1.54) is 38.4 Å². The van der Waals surface area contributed by atoms with Crippen LogP contribution in [0.1, 0.15) is 50.1 Å². The second-order valence-electron chi connectivity index (χ2n) is 6.58. The summed E-state index contributed by atoms with van der Waals surface area (Å²) in [6.07, 6.45) is 9.81. The van der Waals surface area contributed by atoms with Gasteiger partial charge < -0.3 is 5.32 Å². The van der Waals surface area contributed by atoms with E-state index >= 15 is 0 Å². The Morgan fingerprint density at radius 2 is 2.04 bits per heavy atom. The lowest BCUT2D eigenvalue weighted by molar-refractivity contribution is -0.124. The minimum atomic E-state index is -0.408. The molecule has 0 radical (unpaired) electrons. The third-order valence-electron chi connectivity index (χ3n) is 4.82. The predicted molar refractivity (Wildman–Crippen MR) is 91.2 cm³/mol. The van der Waals surface area contributed by atoms with Gasteiger partial charge in [-0.2, -0.15) is 0 Å². The number of carbonyl (C=O) groups excluding carboxylic acids is 1. The number of aromatic nitrogens is 4. The molecule has 0 saturated heterocycles. The topological polar surface area (TPSA) is 72.7 Å². The fourth-order valence-electron chi connectivity index (χ4n) is 3.47. The Labute approximate surface area is 142 Å². The highest BCUT2D eigenvalue weighted by molar-refractivity contribution is 5.80. The standard InChI is InChI=1S/C18H25N5O/c24-18(19-12-6-11-15-7-4-5-8-15)17(23-14-20-21-22-23)13-16-9-2-1-3-10-16/h1-3,9-10,14-15,17H,4-8,11-13H2,(H,19,24). The molecule has 1 heterocycles. The summed E-state index contributed by atoms with van der Waals surface area (Å²) in [5.41, 5.74) is 1.10. The van der Waals surface area contributed by atoms with Gasteiger partial charge in [-0.1, -0.05) is 56.0 Å². The number of rotatable bonds is 8. The fourth-order valence-corrected chi connectivity index (χ4v) is 3.47. The molecule has 0 bridgehead atoms. The van der Waals surface area contributed by atoms with E-state index in [0.717, 1.165) is 24.4 Å². The lowest BCUT2D eigenvalue weighted by Crippen LogP contribution is -2.35. The van der Waals surface area contributed by atoms with Crippen molar-refractivity contribution in [2.45, 2.75) is 51.0 Å². The molecular formula is C18H25N5O. The third-order valence-corrected chi connectivity index (χ3v) is 4.82. The number of nitrogens with zero attached hydrogens (tertiary/aromatic N) is 4. The van der Waals surface area contributed by atoms with Crippen LogP contribution in [0.15, 0.2) is 36.7 Å². The lowest BCUT2D eigenvalue weighted by atomic mass is 10.0. The van der Waals surface area contributed by atoms with E-state index in [-0.39, 0.29) is 5.91 Å². The van der Waals surface area contributed by atoms with Gasteiger partial charge in [-0.15, -0.1) is 5.10 Å². The van der Waals surface area contributed by atoms with Crippen molar-refractivity contribution in [3.8, 4) is 0 Å². The molecule has 0 spiro atoms. The molecule has 1 saturated carbocycles. The molecule has 1 aromatic heterocycles. The van der Waals surface area contributed by atoms with Crippen LogP contribution in [0.5, 0.6) is 0 Å². The van der Waals surface area contributed by atoms with Gasteiger partial charge in [0.15, 0.2) is 0 Å². The van der Waals surface area contributed by atoms with E-state index in [2.05, 4.69) is 20.8 Å². The van der Waals surface area contributed by atoms with Crippen molar-refractivity contribution in [1.29, 1.82) is 0 Å². The van der Waals surface area contributed by atoms with E-state index in [9.17, 15) is 4.79 Å². The van der Waals surface area contributed by atoms with Crippen molar-refractivity contribution in [1.82, 2.24) is 25.5 Å². The summed E-state index contributed by atoms with van der Waals surface area (Å²) < 4.78 is 1.54. The van der Waals surface area contributed by atoms with Crippen molar-refractivity contribution in [2.75, 3.05) is 6.54 Å². The number of hydrogen-bond donors (Lipinski definition) is 1. The molecule has 24 heavy (non-hydrogen) atoms. The van der Waals surface area contributed by atoms with E-state index in [4.69, 9.17) is 0 Å². The average Bonchev–Trinajstić information content (AvgIpc) is 3.31. The zero-order valence-corrected chi connectivity index (χ0v) is 14.0. The monoisotopic (exact) mass is 327 g/mol. The smallest absolute Gasteiger partial charge is 0.245 e. The van der Waals surface area contributed by atoms with Crippen LogP contribution in [-0.4, -0.2) is 32.7 Å². The predicted octanol–water partition coefficient (Wildman–Crippen LogP) is 2.54. The Morgan fingerprint density at radius 3 is 2.75 bits per heavy atom. The number of carbonyl (C=O) groups is 1. The molecule has 1 fully saturated rings. The zero-order chi connectivity index (χ0) is 16.6. The van der Waals surface area contributed by atoms with E-state index in [1.807, 2.05) is 30.3 Å². The Kier molecular flexibility index (Phi) is 5.93. The summed E-state index contributed by atoms with van der Waals surface area (Å²) in [6.45, 7) is 0.725. The summed E-state index contributed by atoms with van der Waals surface area (Å²) >= 11 is 0. The van der Waals surface area contributed by atoms with Crippen molar-refractivity contribution in [2.24, 2.45) is 5.92 Å². The highest BCUT2D eigenvalue weighted by atomic mass is 16.2. The van der Waals surface area contributed by atoms with E-state index < -0.39 is 6.04 Å². The van der Waals surface area contributed by atoms with Gasteiger partial charge in [0.05, 0.1) is 0 Å². The van der Waals surface area contributed by atoms with Gasteiger partial charge in [0.2, 0.25) is 5.91 Å². The van der Waals surface area contributed by atoms with E-state index in [1.54, 1.807) is 4.68 Å². The number of tetrazole rings is 1. The van der Waals surface area contributed by atoms with Gasteiger partial charge in [-0.25, -0.2) is 4.68 Å². The molecule has 1 N–H and O–H groups in total. The van der Waals surface area contributed by atoms with Crippen LogP contribution in [0.2, 0.25) is 0 Å². The molecule has 6 heteroatoms. The molecule has 6 nitrogen and oxygen atoms in total. The van der Waals surface area contributed by atoms with Crippen LogP contribution in [-0.2, 0) is 11.2 Å². The Balaban J connectivity index is 1.53. The summed E-state index contributed by atoms with van der Waals surface area (Å²) in [6, 6.07) is 9.55. The van der Waals surface area contributed by atoms with E-state index in [0.29, 0.717) is 6.42 Å². The molecule has 0 aliphatic heterocycles. The number of amides is 1. The molecule has 128 valence electrons. The molecule has 1 aliphatic rings. The van der Waals surface area contributed by atoms with Crippen LogP contribution < -0.4 is 5.32 Å². The minimum absolute atomic E-state index is 0.0161. The van der Waals surface area contributed by atoms with Crippen molar-refractivity contribution < 1.29 is 4.79 Å². The van der Waals surface area contributed by atoms with Crippen LogP contribution in [0, 0.1) is 5.92 Å². The number of nitrogens with one attached hydrogen (secondary N) is 1. The van der Waals surface area contributed by atoms with Crippen molar-refractivity contribution in [3.05, 3.63) is 42.2 Å². The number of hydrogen-bond acceptors (Lipinski definition) is 4. The van der Waals surface area contributed by atoms with Gasteiger partial charge in [-0.05, 0) is 34.7 Å². The van der Waals surface area contributed by atoms with Gasteiger partial charge in [0.1, 0.15) is 12.4 Å². The minimum Gasteiger partial charge on any atom is -0.354 e. The van der Waals surface area contributed by atoms with Crippen LogP contribution >= 0.6 is 0 Å². The first-order valence-electron chi connectivity index (χ1n) is 8.87. The second-order valence-corrected chi connectivity index (χ2v) is 6.58. The third kappa shape index (κ3) is 4.63. The van der Waals surface area contributed by atoms with Gasteiger partial charge in [0, 0.05) is 13.0 Å². The molecule has 1 aliphatic carbocycles. The summed E-state index contributed by atoms with van der Waals surface area (Å²) in [5, 5.41) is 14.3. The number of benzene rings is 1. The molecular weight excluding hydrogens is 302 g/mol. The Hall–Kier alpha value is -2.24. The summed E-state index contributed by atoms with van der Waals surface area (Å²) in [4.78, 5) is 12.6. The first kappa shape index (κ1) is 16.6. The first-order valence-corrected chi connectivity index (χ1v) is 8.87. The highest BCUT2D eigenvalue weighted by Crippen LogP contribution is 2.28. The molecule has 1 aromatic carbocycles. The van der Waals surface area contributed by atoms with Gasteiger partial charge in [-0.3, -0.25) is 4.79 Å². The summed E-state index contributed by atoms with van der Waals surface area (Å²) in [5.74, 6) is 0.846. The maximum absolute atomic E-state index is 12.6. The SMILES string of the molecule is O=C(NCCCC1CCCC1)C(Cc1ccccc1)n1cnnn1. The molecule has 1 atom stereocenters. The average molecular weight is 327 g/mol. The molecule has 1 amide bonds. The molecule has 2 aromatic rings. The van der Waals surface area contributed by atoms with Crippen LogP contribution in [0.25, 0.3) is 0 Å². The van der Waals surface area contributed by atoms with Crippen molar-refractivity contribution >= 4 is 5.91 Å². The molecule has 1 unspecified atom stereocenters. The summed E-state index contributed by atoms with van der Waals surface area (Å²) in [7, 11) is 0. The maximum Gasteiger partial charge on any atom is 0.245 e. The van der Waals surface area contributed by atoms with Crippen LogP contribution in [0.4, 0.5) is 0 Å². The zero-order valence-electron chi connectivity index (χ0n) is 14.0. The Morgan fingerprint density at radius 1 is 1.25 bits per heavy atom. The normalized spacial score (nSPS) is 16.2. The van der Waals surface area contributed by atoms with Crippen molar-refractivity contribution in [3.63, 3.8) is 0 Å². The fraction of sp³-hybridized carbons (Fsp3) is 0.556. The largest absolute Gasteiger partial charge is 0.354 e.